The van der Waals surface area contributed by atoms with Crippen LogP contribution >= 0.6 is 23.8 Å². The van der Waals surface area contributed by atoms with Crippen molar-refractivity contribution >= 4 is 34.6 Å². The molecule has 1 saturated carbocycles. The lowest BCUT2D eigenvalue weighted by Gasteiger charge is -2.24. The topological polar surface area (TPSA) is 64.5 Å². The van der Waals surface area contributed by atoms with Crippen LogP contribution < -0.4 is 10.6 Å². The number of nitrogens with one attached hydrogen (secondary N) is 2. The number of benzene rings is 1. The fourth-order valence-corrected chi connectivity index (χ4v) is 3.12. The molecule has 0 radical (unpaired) electrons. The first kappa shape index (κ1) is 16.3. The lowest BCUT2D eigenvalue weighted by atomic mass is 9.96. The van der Waals surface area contributed by atoms with Crippen LogP contribution in [0.5, 0.6) is 5.75 Å². The number of anilines is 1. The third kappa shape index (κ3) is 4.46. The maximum Gasteiger partial charge on any atom is 0.170 e. The molecule has 4 nitrogen and oxygen atoms in total. The summed E-state index contributed by atoms with van der Waals surface area (Å²) >= 11 is 11.3. The van der Waals surface area contributed by atoms with E-state index in [1.54, 1.807) is 19.1 Å². The Labute approximate surface area is 135 Å². The van der Waals surface area contributed by atoms with Gasteiger partial charge in [0.25, 0.3) is 0 Å². The Hall–Kier alpha value is -1.04. The number of aliphatic hydroxyl groups is 1. The van der Waals surface area contributed by atoms with Crippen molar-refractivity contribution in [2.75, 3.05) is 5.32 Å². The Morgan fingerprint density at radius 2 is 2.00 bits per heavy atom. The molecule has 2 rings (SSSR count). The Bertz CT molecular complexity index is 517. The summed E-state index contributed by atoms with van der Waals surface area (Å²) in [5.74, 6) is -0.0941. The molecular formula is C15H21ClN2O2S. The van der Waals surface area contributed by atoms with Crippen molar-refractivity contribution in [2.24, 2.45) is 0 Å². The monoisotopic (exact) mass is 328 g/mol. The smallest absolute Gasteiger partial charge is 0.170 e. The molecule has 116 valence electrons. The number of hydrogen-bond donors (Lipinski definition) is 4. The molecule has 1 aromatic carbocycles. The van der Waals surface area contributed by atoms with Crippen LogP contribution in [0.4, 0.5) is 5.69 Å². The summed E-state index contributed by atoms with van der Waals surface area (Å²) in [4.78, 5) is 0. The third-order valence-electron chi connectivity index (χ3n) is 3.74. The van der Waals surface area contributed by atoms with Crippen LogP contribution in [0.15, 0.2) is 12.1 Å². The van der Waals surface area contributed by atoms with Gasteiger partial charge in [0, 0.05) is 17.3 Å². The number of phenols is 1. The van der Waals surface area contributed by atoms with Crippen LogP contribution in [0.1, 0.15) is 50.7 Å². The summed E-state index contributed by atoms with van der Waals surface area (Å²) in [6, 6.07) is 3.67. The molecule has 0 heterocycles. The number of thiocarbonyl (C=S) groups is 1. The highest BCUT2D eigenvalue weighted by Crippen LogP contribution is 2.34. The lowest BCUT2D eigenvalue weighted by Crippen LogP contribution is -2.38. The van der Waals surface area contributed by atoms with Gasteiger partial charge >= 0.3 is 0 Å². The van der Waals surface area contributed by atoms with Crippen molar-refractivity contribution in [3.05, 3.63) is 22.7 Å². The number of phenolic OH excluding ortho intramolecular Hbond substituents is 1. The quantitative estimate of drug-likeness (QED) is 0.503. The first-order chi connectivity index (χ1) is 9.97. The normalized spacial score (nSPS) is 17.3. The van der Waals surface area contributed by atoms with Crippen molar-refractivity contribution in [1.29, 1.82) is 0 Å². The average molecular weight is 329 g/mol. The summed E-state index contributed by atoms with van der Waals surface area (Å²) in [6.07, 6.45) is 5.23. The highest BCUT2D eigenvalue weighted by molar-refractivity contribution is 7.80. The zero-order valence-corrected chi connectivity index (χ0v) is 13.6. The van der Waals surface area contributed by atoms with Gasteiger partial charge in [-0.2, -0.15) is 0 Å². The van der Waals surface area contributed by atoms with Gasteiger partial charge in [-0.05, 0) is 44.1 Å². The van der Waals surface area contributed by atoms with Crippen molar-refractivity contribution < 1.29 is 10.2 Å². The van der Waals surface area contributed by atoms with E-state index in [2.05, 4.69) is 10.6 Å². The molecule has 1 aliphatic rings. The molecule has 4 N–H and O–H groups in total. The molecule has 1 aliphatic carbocycles. The predicted octanol–water partition coefficient (Wildman–Crippen LogP) is 3.72. The number of aliphatic hydroxyl groups excluding tert-OH is 1. The molecule has 1 unspecified atom stereocenters. The number of rotatable bonds is 3. The summed E-state index contributed by atoms with van der Waals surface area (Å²) in [5, 5.41) is 26.6. The molecule has 1 atom stereocenters. The molecule has 0 spiro atoms. The van der Waals surface area contributed by atoms with E-state index >= 15 is 0 Å². The number of hydrogen-bond acceptors (Lipinski definition) is 3. The Morgan fingerprint density at radius 1 is 1.33 bits per heavy atom. The summed E-state index contributed by atoms with van der Waals surface area (Å²) in [5.41, 5.74) is 1.03. The molecule has 21 heavy (non-hydrogen) atoms. The van der Waals surface area contributed by atoms with Crippen LogP contribution in [-0.2, 0) is 0 Å². The molecule has 0 bridgehead atoms. The van der Waals surface area contributed by atoms with E-state index < -0.39 is 6.10 Å². The minimum Gasteiger partial charge on any atom is -0.506 e. The van der Waals surface area contributed by atoms with Crippen LogP contribution in [0.3, 0.4) is 0 Å². The SMILES string of the molecule is CC(O)c1cc(NC(=S)NC2CCCCC2)cc(Cl)c1O. The third-order valence-corrected chi connectivity index (χ3v) is 4.25. The maximum atomic E-state index is 9.82. The van der Waals surface area contributed by atoms with E-state index in [4.69, 9.17) is 23.8 Å². The molecule has 0 aromatic heterocycles. The van der Waals surface area contributed by atoms with E-state index in [0.717, 1.165) is 12.8 Å². The van der Waals surface area contributed by atoms with Gasteiger partial charge in [0.1, 0.15) is 5.75 Å². The summed E-state index contributed by atoms with van der Waals surface area (Å²) in [7, 11) is 0. The highest BCUT2D eigenvalue weighted by Gasteiger charge is 2.16. The van der Waals surface area contributed by atoms with Gasteiger partial charge < -0.3 is 20.8 Å². The standard InChI is InChI=1S/C15H21ClN2O2S/c1-9(19)12-7-11(8-13(16)14(12)20)18-15(21)17-10-5-3-2-4-6-10/h7-10,19-20H,2-6H2,1H3,(H2,17,18,21). The first-order valence-corrected chi connectivity index (χ1v) is 8.04. The average Bonchev–Trinajstić information content (AvgIpc) is 2.43. The fourth-order valence-electron chi connectivity index (χ4n) is 2.61. The molecule has 0 amide bonds. The predicted molar refractivity (Wildman–Crippen MR) is 90.0 cm³/mol. The van der Waals surface area contributed by atoms with Gasteiger partial charge in [0.15, 0.2) is 5.11 Å². The number of halogens is 1. The largest absolute Gasteiger partial charge is 0.506 e. The van der Waals surface area contributed by atoms with Gasteiger partial charge in [-0.1, -0.05) is 30.9 Å². The molecular weight excluding hydrogens is 308 g/mol. The van der Waals surface area contributed by atoms with E-state index in [9.17, 15) is 10.2 Å². The Balaban J connectivity index is 2.03. The molecule has 1 aromatic rings. The summed E-state index contributed by atoms with van der Waals surface area (Å²) < 4.78 is 0. The van der Waals surface area contributed by atoms with Gasteiger partial charge in [-0.25, -0.2) is 0 Å². The molecule has 6 heteroatoms. The fraction of sp³-hybridized carbons (Fsp3) is 0.533. The van der Waals surface area contributed by atoms with Gasteiger partial charge in [-0.15, -0.1) is 0 Å². The molecule has 0 saturated heterocycles. The minimum absolute atomic E-state index is 0.0941. The Kier molecular flexibility index (Phi) is 5.67. The lowest BCUT2D eigenvalue weighted by molar-refractivity contribution is 0.195. The zero-order valence-electron chi connectivity index (χ0n) is 12.0. The first-order valence-electron chi connectivity index (χ1n) is 7.25. The molecule has 0 aliphatic heterocycles. The van der Waals surface area contributed by atoms with Crippen molar-refractivity contribution in [1.82, 2.24) is 5.32 Å². The summed E-state index contributed by atoms with van der Waals surface area (Å²) in [6.45, 7) is 1.58. The van der Waals surface area contributed by atoms with Crippen molar-refractivity contribution in [3.8, 4) is 5.75 Å². The second kappa shape index (κ2) is 7.29. The second-order valence-electron chi connectivity index (χ2n) is 5.51. The van der Waals surface area contributed by atoms with Crippen LogP contribution in [0, 0.1) is 0 Å². The van der Waals surface area contributed by atoms with E-state index in [1.807, 2.05) is 0 Å². The number of aromatic hydroxyl groups is 1. The molecule has 1 fully saturated rings. The van der Waals surface area contributed by atoms with Gasteiger partial charge in [0.2, 0.25) is 0 Å². The van der Waals surface area contributed by atoms with Gasteiger partial charge in [-0.3, -0.25) is 0 Å². The van der Waals surface area contributed by atoms with Crippen LogP contribution in [-0.4, -0.2) is 21.4 Å². The maximum absolute atomic E-state index is 9.82. The van der Waals surface area contributed by atoms with Crippen molar-refractivity contribution in [3.63, 3.8) is 0 Å². The highest BCUT2D eigenvalue weighted by atomic mass is 35.5. The van der Waals surface area contributed by atoms with Crippen LogP contribution in [0.25, 0.3) is 0 Å². The van der Waals surface area contributed by atoms with Gasteiger partial charge in [0.05, 0.1) is 11.1 Å². The van der Waals surface area contributed by atoms with E-state index in [1.165, 1.54) is 19.3 Å². The van der Waals surface area contributed by atoms with E-state index in [-0.39, 0.29) is 10.8 Å². The van der Waals surface area contributed by atoms with E-state index in [0.29, 0.717) is 22.4 Å². The second-order valence-corrected chi connectivity index (χ2v) is 6.32. The van der Waals surface area contributed by atoms with Crippen LogP contribution in [0.2, 0.25) is 5.02 Å². The minimum atomic E-state index is -0.802. The zero-order chi connectivity index (χ0) is 15.4. The Morgan fingerprint density at radius 3 is 2.62 bits per heavy atom. The van der Waals surface area contributed by atoms with Crippen molar-refractivity contribution in [2.45, 2.75) is 51.2 Å².